The zero-order valence-electron chi connectivity index (χ0n) is 17.6. The van der Waals surface area contributed by atoms with E-state index < -0.39 is 0 Å². The smallest absolute Gasteiger partial charge is 0.326 e. The summed E-state index contributed by atoms with van der Waals surface area (Å²) in [4.78, 5) is 28.2. The Balaban J connectivity index is 1.38. The van der Waals surface area contributed by atoms with Crippen molar-refractivity contribution in [3.8, 4) is 0 Å². The van der Waals surface area contributed by atoms with E-state index in [2.05, 4.69) is 23.6 Å². The molecule has 1 aliphatic rings. The van der Waals surface area contributed by atoms with Crippen LogP contribution in [0.5, 0.6) is 0 Å². The third-order valence-electron chi connectivity index (χ3n) is 5.10. The Kier molecular flexibility index (Phi) is 6.28. The minimum absolute atomic E-state index is 0.143. The molecule has 3 aromatic carbocycles. The quantitative estimate of drug-likeness (QED) is 0.577. The van der Waals surface area contributed by atoms with Crippen molar-refractivity contribution in [3.63, 3.8) is 0 Å². The summed E-state index contributed by atoms with van der Waals surface area (Å²) in [6, 6.07) is 22.8. The van der Waals surface area contributed by atoms with Gasteiger partial charge in [0.1, 0.15) is 0 Å². The highest BCUT2D eigenvalue weighted by molar-refractivity contribution is 8.00. The molecule has 0 saturated heterocycles. The molecule has 3 amide bonds. The summed E-state index contributed by atoms with van der Waals surface area (Å²) in [6.07, 6.45) is 0. The summed E-state index contributed by atoms with van der Waals surface area (Å²) >= 11 is 1.78. The van der Waals surface area contributed by atoms with Gasteiger partial charge in [-0.1, -0.05) is 48.9 Å². The standard InChI is InChI=1S/C25H25N3O2S/c1-17-6-5-7-19(14-17)15-26-24(29)20-10-12-21(13-11-20)27-25(30)28-16-18(2)31-23-9-4-3-8-22(23)28/h3-14,18H,15-16H2,1-2H3,(H,26,29)(H,27,30)/t18-/m0/s1. The number of aryl methyl sites for hydroxylation is 1. The van der Waals surface area contributed by atoms with Crippen LogP contribution < -0.4 is 15.5 Å². The number of rotatable bonds is 4. The lowest BCUT2D eigenvalue weighted by atomic mass is 10.1. The van der Waals surface area contributed by atoms with Gasteiger partial charge in [-0.2, -0.15) is 0 Å². The fourth-order valence-corrected chi connectivity index (χ4v) is 4.70. The van der Waals surface area contributed by atoms with Crippen LogP contribution in [0.2, 0.25) is 0 Å². The Labute approximate surface area is 186 Å². The summed E-state index contributed by atoms with van der Waals surface area (Å²) in [5, 5.41) is 6.20. The zero-order chi connectivity index (χ0) is 21.8. The van der Waals surface area contributed by atoms with Gasteiger partial charge in [0.25, 0.3) is 5.91 Å². The molecule has 0 spiro atoms. The van der Waals surface area contributed by atoms with Crippen molar-refractivity contribution in [1.29, 1.82) is 0 Å². The van der Waals surface area contributed by atoms with Crippen LogP contribution in [0.1, 0.15) is 28.4 Å². The van der Waals surface area contributed by atoms with E-state index in [1.165, 1.54) is 0 Å². The van der Waals surface area contributed by atoms with Crippen molar-refractivity contribution in [2.24, 2.45) is 0 Å². The first-order chi connectivity index (χ1) is 15.0. The highest BCUT2D eigenvalue weighted by atomic mass is 32.2. The van der Waals surface area contributed by atoms with Crippen molar-refractivity contribution in [2.45, 2.75) is 30.5 Å². The van der Waals surface area contributed by atoms with E-state index in [9.17, 15) is 9.59 Å². The molecule has 158 valence electrons. The molecule has 0 unspecified atom stereocenters. The van der Waals surface area contributed by atoms with Gasteiger partial charge in [0, 0.05) is 34.5 Å². The molecule has 0 saturated carbocycles. The highest BCUT2D eigenvalue weighted by Crippen LogP contribution is 2.38. The molecular weight excluding hydrogens is 406 g/mol. The molecular formula is C25H25N3O2S. The minimum Gasteiger partial charge on any atom is -0.348 e. The van der Waals surface area contributed by atoms with E-state index in [-0.39, 0.29) is 11.9 Å². The van der Waals surface area contributed by atoms with Gasteiger partial charge in [-0.25, -0.2) is 4.79 Å². The second-order valence-corrected chi connectivity index (χ2v) is 9.17. The number of fused-ring (bicyclic) bond motifs is 1. The molecule has 6 heteroatoms. The van der Waals surface area contributed by atoms with Crippen molar-refractivity contribution in [2.75, 3.05) is 16.8 Å². The van der Waals surface area contributed by atoms with Gasteiger partial charge in [0.2, 0.25) is 0 Å². The molecule has 5 nitrogen and oxygen atoms in total. The first-order valence-corrected chi connectivity index (χ1v) is 11.2. The van der Waals surface area contributed by atoms with E-state index in [0.717, 1.165) is 21.7 Å². The molecule has 0 bridgehead atoms. The van der Waals surface area contributed by atoms with Crippen LogP contribution in [0, 0.1) is 6.92 Å². The number of carbonyl (C=O) groups excluding carboxylic acids is 2. The van der Waals surface area contributed by atoms with Gasteiger partial charge in [-0.05, 0) is 48.9 Å². The van der Waals surface area contributed by atoms with Crippen LogP contribution >= 0.6 is 11.8 Å². The summed E-state index contributed by atoms with van der Waals surface area (Å²) in [5.74, 6) is -0.143. The van der Waals surface area contributed by atoms with Gasteiger partial charge in [-0.3, -0.25) is 9.69 Å². The van der Waals surface area contributed by atoms with Gasteiger partial charge in [0.15, 0.2) is 0 Å². The first-order valence-electron chi connectivity index (χ1n) is 10.3. The van der Waals surface area contributed by atoms with Crippen LogP contribution in [0.25, 0.3) is 0 Å². The maximum Gasteiger partial charge on any atom is 0.326 e. The summed E-state index contributed by atoms with van der Waals surface area (Å²) in [7, 11) is 0. The normalized spacial score (nSPS) is 15.2. The molecule has 1 atom stereocenters. The van der Waals surface area contributed by atoms with E-state index in [1.807, 2.05) is 49.4 Å². The zero-order valence-corrected chi connectivity index (χ0v) is 18.4. The average molecular weight is 432 g/mol. The largest absolute Gasteiger partial charge is 0.348 e. The Morgan fingerprint density at radius 1 is 1.03 bits per heavy atom. The van der Waals surface area contributed by atoms with E-state index in [4.69, 9.17) is 0 Å². The van der Waals surface area contributed by atoms with Gasteiger partial charge >= 0.3 is 6.03 Å². The number of carbonyl (C=O) groups is 2. The molecule has 0 aromatic heterocycles. The van der Waals surface area contributed by atoms with E-state index in [1.54, 1.807) is 40.9 Å². The van der Waals surface area contributed by atoms with Crippen LogP contribution in [0.15, 0.2) is 77.7 Å². The molecule has 0 radical (unpaired) electrons. The lowest BCUT2D eigenvalue weighted by Crippen LogP contribution is -2.41. The number of hydrogen-bond acceptors (Lipinski definition) is 3. The number of thioether (sulfide) groups is 1. The summed E-state index contributed by atoms with van der Waals surface area (Å²) in [6.45, 7) is 5.27. The third-order valence-corrected chi connectivity index (χ3v) is 6.25. The Morgan fingerprint density at radius 2 is 1.81 bits per heavy atom. The maximum absolute atomic E-state index is 12.9. The number of amides is 3. The Hall–Kier alpha value is -3.25. The van der Waals surface area contributed by atoms with Crippen LogP contribution in [0.4, 0.5) is 16.2 Å². The van der Waals surface area contributed by atoms with Gasteiger partial charge in [-0.15, -0.1) is 11.8 Å². The average Bonchev–Trinajstić information content (AvgIpc) is 2.77. The third kappa shape index (κ3) is 5.09. The minimum atomic E-state index is -0.170. The highest BCUT2D eigenvalue weighted by Gasteiger charge is 2.26. The summed E-state index contributed by atoms with van der Waals surface area (Å²) in [5.41, 5.74) is 4.36. The number of hydrogen-bond donors (Lipinski definition) is 2. The molecule has 3 aromatic rings. The predicted molar refractivity (Wildman–Crippen MR) is 127 cm³/mol. The maximum atomic E-state index is 12.9. The molecule has 31 heavy (non-hydrogen) atoms. The van der Waals surface area contributed by atoms with Crippen molar-refractivity contribution in [3.05, 3.63) is 89.5 Å². The number of para-hydroxylation sites is 1. The fourth-order valence-electron chi connectivity index (χ4n) is 3.58. The van der Waals surface area contributed by atoms with E-state index >= 15 is 0 Å². The van der Waals surface area contributed by atoms with Gasteiger partial charge < -0.3 is 10.6 Å². The topological polar surface area (TPSA) is 61.4 Å². The van der Waals surface area contributed by atoms with E-state index in [0.29, 0.717) is 29.6 Å². The Morgan fingerprint density at radius 3 is 2.58 bits per heavy atom. The fraction of sp³-hybridized carbons (Fsp3) is 0.200. The van der Waals surface area contributed by atoms with Crippen molar-refractivity contribution in [1.82, 2.24) is 5.32 Å². The number of benzene rings is 3. The molecule has 2 N–H and O–H groups in total. The second kappa shape index (κ2) is 9.27. The lowest BCUT2D eigenvalue weighted by molar-refractivity contribution is 0.0951. The molecule has 0 aliphatic carbocycles. The second-order valence-electron chi connectivity index (χ2n) is 7.69. The number of urea groups is 1. The molecule has 4 rings (SSSR count). The molecule has 1 heterocycles. The Bertz CT molecular complexity index is 1100. The summed E-state index contributed by atoms with van der Waals surface area (Å²) < 4.78 is 0. The number of nitrogens with one attached hydrogen (secondary N) is 2. The number of nitrogens with zero attached hydrogens (tertiary/aromatic N) is 1. The SMILES string of the molecule is Cc1cccc(CNC(=O)c2ccc(NC(=O)N3C[C@H](C)Sc4ccccc43)cc2)c1. The van der Waals surface area contributed by atoms with Gasteiger partial charge in [0.05, 0.1) is 5.69 Å². The van der Waals surface area contributed by atoms with Crippen molar-refractivity contribution < 1.29 is 9.59 Å². The first kappa shape index (κ1) is 21.0. The lowest BCUT2D eigenvalue weighted by Gasteiger charge is -2.32. The van der Waals surface area contributed by atoms with Crippen molar-refractivity contribution >= 4 is 35.1 Å². The molecule has 1 aliphatic heterocycles. The molecule has 0 fully saturated rings. The van der Waals surface area contributed by atoms with Crippen LogP contribution in [-0.2, 0) is 6.54 Å². The number of anilines is 2. The monoisotopic (exact) mass is 431 g/mol. The van der Waals surface area contributed by atoms with Crippen LogP contribution in [0.3, 0.4) is 0 Å². The predicted octanol–water partition coefficient (Wildman–Crippen LogP) is 5.46. The van der Waals surface area contributed by atoms with Crippen LogP contribution in [-0.4, -0.2) is 23.7 Å².